The van der Waals surface area contributed by atoms with E-state index in [4.69, 9.17) is 5.11 Å². The van der Waals surface area contributed by atoms with Crippen LogP contribution in [-0.4, -0.2) is 16.2 Å². The molecule has 0 atom stereocenters. The van der Waals surface area contributed by atoms with Crippen LogP contribution >= 0.6 is 0 Å². The van der Waals surface area contributed by atoms with Crippen molar-refractivity contribution in [3.05, 3.63) is 28.8 Å². The van der Waals surface area contributed by atoms with Gasteiger partial charge in [-0.3, -0.25) is 0 Å². The molecule has 4 heteroatoms. The van der Waals surface area contributed by atoms with E-state index >= 15 is 0 Å². The molecule has 0 unspecified atom stereocenters. The fourth-order valence-corrected chi connectivity index (χ4v) is 0.974. The molecule has 0 heterocycles. The fourth-order valence-electron chi connectivity index (χ4n) is 0.974. The van der Waals surface area contributed by atoms with E-state index in [9.17, 15) is 9.90 Å². The molecule has 0 fully saturated rings. The number of phenols is 1. The van der Waals surface area contributed by atoms with Crippen LogP contribution in [0.1, 0.15) is 21.5 Å². The summed E-state index contributed by atoms with van der Waals surface area (Å²) in [6, 6.07) is 3.08. The van der Waals surface area contributed by atoms with Gasteiger partial charge in [0.1, 0.15) is 11.3 Å². The third kappa shape index (κ3) is 2.24. The minimum absolute atomic E-state index is 0. The molecule has 0 aliphatic heterocycles. The molecule has 0 bridgehead atoms. The maximum Gasteiger partial charge on any atom is 0.339 e. The maximum atomic E-state index is 10.5. The van der Waals surface area contributed by atoms with E-state index in [2.05, 4.69) is 0 Å². The first-order valence-corrected chi connectivity index (χ1v) is 3.56. The minimum Gasteiger partial charge on any atom is -0.507 e. The monoisotopic (exact) mass is 218 g/mol. The van der Waals surface area contributed by atoms with Gasteiger partial charge in [0.15, 0.2) is 0 Å². The molecule has 1 rings (SSSR count). The van der Waals surface area contributed by atoms with Gasteiger partial charge in [0, 0.05) is 17.4 Å². The Morgan fingerprint density at radius 1 is 1.31 bits per heavy atom. The molecule has 0 saturated heterocycles. The molecule has 0 saturated carbocycles. The Hall–Kier alpha value is -0.978. The summed E-state index contributed by atoms with van der Waals surface area (Å²) in [4.78, 5) is 10.5. The number of aryl methyl sites for hydroxylation is 1. The molecule has 0 radical (unpaired) electrons. The topological polar surface area (TPSA) is 57.5 Å². The van der Waals surface area contributed by atoms with Gasteiger partial charge in [0.25, 0.3) is 0 Å². The van der Waals surface area contributed by atoms with E-state index in [1.165, 1.54) is 6.07 Å². The number of rotatable bonds is 1. The molecule has 13 heavy (non-hydrogen) atoms. The number of carboxylic acids is 1. The Bertz CT molecular complexity index is 334. The largest absolute Gasteiger partial charge is 0.507 e. The smallest absolute Gasteiger partial charge is 0.339 e. The van der Waals surface area contributed by atoms with Crippen LogP contribution in [0.25, 0.3) is 0 Å². The Balaban J connectivity index is 0.00000144. The van der Waals surface area contributed by atoms with Crippen molar-refractivity contribution >= 4 is 5.97 Å². The van der Waals surface area contributed by atoms with Gasteiger partial charge in [-0.25, -0.2) is 4.79 Å². The van der Waals surface area contributed by atoms with E-state index in [1.54, 1.807) is 13.0 Å². The van der Waals surface area contributed by atoms with Crippen molar-refractivity contribution in [1.29, 1.82) is 0 Å². The van der Waals surface area contributed by atoms with Gasteiger partial charge in [-0.2, -0.15) is 0 Å². The van der Waals surface area contributed by atoms with Crippen molar-refractivity contribution in [2.75, 3.05) is 0 Å². The van der Waals surface area contributed by atoms with Crippen molar-refractivity contribution in [3.63, 3.8) is 0 Å². The molecule has 1 aromatic rings. The molecule has 1 aromatic carbocycles. The molecular formula is C9H10CrO3. The van der Waals surface area contributed by atoms with Crippen LogP contribution in [-0.2, 0) is 17.4 Å². The zero-order chi connectivity index (χ0) is 9.30. The number of carboxylic acid groups (broad SMARTS) is 1. The molecule has 0 amide bonds. The van der Waals surface area contributed by atoms with Gasteiger partial charge in [0.05, 0.1) is 0 Å². The second-order valence-electron chi connectivity index (χ2n) is 2.71. The zero-order valence-corrected chi connectivity index (χ0v) is 8.64. The number of aromatic hydroxyl groups is 1. The van der Waals surface area contributed by atoms with Gasteiger partial charge >= 0.3 is 5.97 Å². The van der Waals surface area contributed by atoms with Crippen LogP contribution in [0.2, 0.25) is 0 Å². The summed E-state index contributed by atoms with van der Waals surface area (Å²) < 4.78 is 0. The standard InChI is InChI=1S/C9H10O3.Cr/c1-5-3-4-7(9(11)12)8(10)6(5)2;/h3-4,10H,1-2H3,(H,11,12);. The van der Waals surface area contributed by atoms with Gasteiger partial charge in [-0.05, 0) is 31.0 Å². The van der Waals surface area contributed by atoms with E-state index in [1.807, 2.05) is 6.92 Å². The van der Waals surface area contributed by atoms with E-state index < -0.39 is 5.97 Å². The SMILES string of the molecule is Cc1ccc(C(=O)O)c(O)c1C.[Cr]. The summed E-state index contributed by atoms with van der Waals surface area (Å²) in [6.07, 6.45) is 0. The molecule has 0 spiro atoms. The van der Waals surface area contributed by atoms with Crippen LogP contribution in [0.15, 0.2) is 12.1 Å². The number of carbonyl (C=O) groups is 1. The van der Waals surface area contributed by atoms with Crippen molar-refractivity contribution < 1.29 is 32.4 Å². The van der Waals surface area contributed by atoms with Crippen LogP contribution in [0.4, 0.5) is 0 Å². The summed E-state index contributed by atoms with van der Waals surface area (Å²) in [5, 5.41) is 18.0. The zero-order valence-electron chi connectivity index (χ0n) is 7.37. The predicted octanol–water partition coefficient (Wildman–Crippen LogP) is 1.70. The molecule has 70 valence electrons. The summed E-state index contributed by atoms with van der Waals surface area (Å²) in [5.74, 6) is -1.24. The molecular weight excluding hydrogens is 208 g/mol. The number of hydrogen-bond acceptors (Lipinski definition) is 2. The first-order chi connectivity index (χ1) is 5.54. The third-order valence-corrected chi connectivity index (χ3v) is 1.93. The van der Waals surface area contributed by atoms with Crippen LogP contribution in [0.3, 0.4) is 0 Å². The molecule has 0 aromatic heterocycles. The second-order valence-corrected chi connectivity index (χ2v) is 2.71. The second kappa shape index (κ2) is 4.31. The van der Waals surface area contributed by atoms with Gasteiger partial charge < -0.3 is 10.2 Å². The average molecular weight is 218 g/mol. The van der Waals surface area contributed by atoms with E-state index in [0.29, 0.717) is 5.56 Å². The van der Waals surface area contributed by atoms with Gasteiger partial charge in [-0.15, -0.1) is 0 Å². The van der Waals surface area contributed by atoms with Crippen LogP contribution < -0.4 is 0 Å². The summed E-state index contributed by atoms with van der Waals surface area (Å²) >= 11 is 0. The first-order valence-electron chi connectivity index (χ1n) is 3.56. The summed E-state index contributed by atoms with van der Waals surface area (Å²) in [6.45, 7) is 3.51. The molecule has 2 N–H and O–H groups in total. The van der Waals surface area contributed by atoms with Crippen molar-refractivity contribution in [2.24, 2.45) is 0 Å². The van der Waals surface area contributed by atoms with E-state index in [0.717, 1.165) is 5.56 Å². The van der Waals surface area contributed by atoms with Crippen LogP contribution in [0, 0.1) is 13.8 Å². The Kier molecular flexibility index (Phi) is 3.99. The summed E-state index contributed by atoms with van der Waals surface area (Å²) in [5.41, 5.74) is 1.46. The maximum absolute atomic E-state index is 10.5. The van der Waals surface area contributed by atoms with Gasteiger partial charge in [-0.1, -0.05) is 6.07 Å². The van der Waals surface area contributed by atoms with Crippen molar-refractivity contribution in [2.45, 2.75) is 13.8 Å². The van der Waals surface area contributed by atoms with Crippen molar-refractivity contribution in [3.8, 4) is 5.75 Å². The Morgan fingerprint density at radius 3 is 2.31 bits per heavy atom. The molecule has 0 aliphatic carbocycles. The number of aromatic carboxylic acids is 1. The van der Waals surface area contributed by atoms with Gasteiger partial charge in [0.2, 0.25) is 0 Å². The third-order valence-electron chi connectivity index (χ3n) is 1.93. The number of benzene rings is 1. The molecule has 0 aliphatic rings. The van der Waals surface area contributed by atoms with E-state index in [-0.39, 0.29) is 28.7 Å². The van der Waals surface area contributed by atoms with Crippen molar-refractivity contribution in [1.82, 2.24) is 0 Å². The first kappa shape index (κ1) is 12.0. The normalized spacial score (nSPS) is 9.08. The average Bonchev–Trinajstić information content (AvgIpc) is 2.00. The fraction of sp³-hybridized carbons (Fsp3) is 0.222. The number of hydrogen-bond donors (Lipinski definition) is 2. The summed E-state index contributed by atoms with van der Waals surface area (Å²) in [7, 11) is 0. The Morgan fingerprint density at radius 2 is 1.85 bits per heavy atom. The predicted molar refractivity (Wildman–Crippen MR) is 44.5 cm³/mol. The quantitative estimate of drug-likeness (QED) is 0.754. The molecule has 3 nitrogen and oxygen atoms in total. The minimum atomic E-state index is -1.10. The van der Waals surface area contributed by atoms with Crippen LogP contribution in [0.5, 0.6) is 5.75 Å². The Labute approximate surface area is 87.1 Å².